The van der Waals surface area contributed by atoms with E-state index < -0.39 is 0 Å². The maximum atomic E-state index is 10.8. The lowest BCUT2D eigenvalue weighted by Gasteiger charge is -2.28. The van der Waals surface area contributed by atoms with E-state index in [-0.39, 0.29) is 11.8 Å². The van der Waals surface area contributed by atoms with Crippen LogP contribution in [-0.2, 0) is 9.59 Å². The number of amides is 1. The van der Waals surface area contributed by atoms with E-state index in [2.05, 4.69) is 13.8 Å². The third-order valence-electron chi connectivity index (χ3n) is 2.88. The summed E-state index contributed by atoms with van der Waals surface area (Å²) in [6.45, 7) is 7.49. The second-order valence-electron chi connectivity index (χ2n) is 4.33. The minimum atomic E-state index is 0.120. The molecule has 0 radical (unpaired) electrons. The van der Waals surface area contributed by atoms with Gasteiger partial charge in [0.2, 0.25) is 5.91 Å². The molecule has 4 nitrogen and oxygen atoms in total. The van der Waals surface area contributed by atoms with Crippen molar-refractivity contribution in [2.75, 3.05) is 20.2 Å². The summed E-state index contributed by atoms with van der Waals surface area (Å²) in [5, 5.41) is 7.00. The average molecular weight is 259 g/mol. The number of hydrogen-bond acceptors (Lipinski definition) is 3. The Morgan fingerprint density at radius 3 is 1.89 bits per heavy atom. The van der Waals surface area contributed by atoms with Crippen molar-refractivity contribution in [2.24, 2.45) is 5.92 Å². The molecule has 1 heterocycles. The first kappa shape index (κ1) is 19.4. The predicted octanol–water partition coefficient (Wildman–Crippen LogP) is 2.25. The highest BCUT2D eigenvalue weighted by atomic mass is 16.2. The monoisotopic (exact) mass is 259 g/mol. The third kappa shape index (κ3) is 10.3. The minimum Gasteiger partial charge on any atom is -0.400 e. The molecule has 1 N–H and O–H groups in total. The van der Waals surface area contributed by atoms with Gasteiger partial charge < -0.3 is 14.8 Å². The molecule has 0 aliphatic carbocycles. The van der Waals surface area contributed by atoms with Gasteiger partial charge in [-0.05, 0) is 12.8 Å². The molecule has 0 aromatic carbocycles. The highest BCUT2D eigenvalue weighted by molar-refractivity contribution is 5.73. The van der Waals surface area contributed by atoms with E-state index in [1.165, 1.54) is 19.3 Å². The number of rotatable bonds is 3. The molecule has 0 unspecified atom stereocenters. The van der Waals surface area contributed by atoms with Crippen molar-refractivity contribution in [2.45, 2.75) is 52.9 Å². The van der Waals surface area contributed by atoms with E-state index in [0.717, 1.165) is 39.3 Å². The Morgan fingerprint density at radius 1 is 1.22 bits per heavy atom. The van der Waals surface area contributed by atoms with Gasteiger partial charge in [-0.2, -0.15) is 0 Å². The van der Waals surface area contributed by atoms with Crippen LogP contribution in [-0.4, -0.2) is 42.4 Å². The lowest BCUT2D eigenvalue weighted by molar-refractivity contribution is -0.131. The lowest BCUT2D eigenvalue weighted by Crippen LogP contribution is -2.37. The molecule has 1 rings (SSSR count). The second-order valence-corrected chi connectivity index (χ2v) is 4.33. The topological polar surface area (TPSA) is 57.6 Å². The summed E-state index contributed by atoms with van der Waals surface area (Å²) in [6, 6.07) is 0. The smallest absolute Gasteiger partial charge is 0.219 e. The highest BCUT2D eigenvalue weighted by Gasteiger charge is 2.19. The summed E-state index contributed by atoms with van der Waals surface area (Å²) < 4.78 is 0. The quantitative estimate of drug-likeness (QED) is 0.791. The van der Waals surface area contributed by atoms with E-state index in [4.69, 9.17) is 5.11 Å². The number of hydrogen-bond donors (Lipinski definition) is 1. The molecule has 0 aromatic rings. The molecule has 1 aliphatic rings. The van der Waals surface area contributed by atoms with E-state index in [0.29, 0.717) is 0 Å². The molecular formula is C14H29NO3. The molecule has 0 saturated carbocycles. The van der Waals surface area contributed by atoms with Crippen LogP contribution < -0.4 is 0 Å². The summed E-state index contributed by atoms with van der Waals surface area (Å²) >= 11 is 0. The van der Waals surface area contributed by atoms with E-state index in [1.807, 2.05) is 0 Å². The summed E-state index contributed by atoms with van der Waals surface area (Å²) in [5.41, 5.74) is 0. The fourth-order valence-corrected chi connectivity index (χ4v) is 1.70. The molecule has 4 heteroatoms. The zero-order valence-electron chi connectivity index (χ0n) is 12.3. The van der Waals surface area contributed by atoms with Crippen molar-refractivity contribution in [3.63, 3.8) is 0 Å². The van der Waals surface area contributed by atoms with Gasteiger partial charge in [0.25, 0.3) is 0 Å². The normalized spacial score (nSPS) is 14.8. The first-order chi connectivity index (χ1) is 8.65. The number of carbonyl (C=O) groups excluding carboxylic acids is 2. The number of aliphatic hydroxyl groups is 1. The fourth-order valence-electron chi connectivity index (χ4n) is 1.70. The first-order valence-electron chi connectivity index (χ1n) is 6.81. The van der Waals surface area contributed by atoms with Gasteiger partial charge in [0.05, 0.1) is 0 Å². The largest absolute Gasteiger partial charge is 0.400 e. The van der Waals surface area contributed by atoms with E-state index >= 15 is 0 Å². The van der Waals surface area contributed by atoms with Crippen LogP contribution in [0.1, 0.15) is 52.9 Å². The molecule has 0 atom stereocenters. The van der Waals surface area contributed by atoms with Crippen molar-refractivity contribution in [1.29, 1.82) is 0 Å². The highest BCUT2D eigenvalue weighted by Crippen LogP contribution is 2.14. The van der Waals surface area contributed by atoms with Crippen LogP contribution in [0.15, 0.2) is 0 Å². The number of aliphatic hydroxyl groups excluding tert-OH is 1. The van der Waals surface area contributed by atoms with E-state index in [9.17, 15) is 9.59 Å². The Balaban J connectivity index is 0. The van der Waals surface area contributed by atoms with Crippen molar-refractivity contribution in [1.82, 2.24) is 4.90 Å². The van der Waals surface area contributed by atoms with Crippen molar-refractivity contribution in [3.05, 3.63) is 0 Å². The summed E-state index contributed by atoms with van der Waals surface area (Å²) in [7, 11) is 1.00. The Labute approximate surface area is 111 Å². The molecule has 18 heavy (non-hydrogen) atoms. The second kappa shape index (κ2) is 14.2. The summed E-state index contributed by atoms with van der Waals surface area (Å²) in [6.07, 6.45) is 6.75. The molecule has 1 amide bonds. The number of unbranched alkanes of at least 4 members (excludes halogenated alkanes) is 2. The van der Waals surface area contributed by atoms with Gasteiger partial charge in [-0.1, -0.05) is 33.1 Å². The zero-order valence-corrected chi connectivity index (χ0v) is 12.3. The maximum absolute atomic E-state index is 10.8. The molecule has 0 spiro atoms. The number of piperidine rings is 1. The third-order valence-corrected chi connectivity index (χ3v) is 2.88. The van der Waals surface area contributed by atoms with Crippen LogP contribution in [0, 0.1) is 5.92 Å². The Bertz CT molecular complexity index is 197. The van der Waals surface area contributed by atoms with Crippen molar-refractivity contribution in [3.8, 4) is 0 Å². The zero-order chi connectivity index (χ0) is 14.4. The number of aldehydes is 1. The Morgan fingerprint density at radius 2 is 1.67 bits per heavy atom. The van der Waals surface area contributed by atoms with Gasteiger partial charge in [-0.25, -0.2) is 0 Å². The van der Waals surface area contributed by atoms with Crippen LogP contribution in [0.2, 0.25) is 0 Å². The van der Waals surface area contributed by atoms with Crippen LogP contribution >= 0.6 is 0 Å². The molecule has 108 valence electrons. The molecule has 1 aliphatic heterocycles. The first-order valence-corrected chi connectivity index (χ1v) is 6.81. The Hall–Kier alpha value is -0.900. The fraction of sp³-hybridized carbons (Fsp3) is 0.857. The van der Waals surface area contributed by atoms with Crippen molar-refractivity contribution >= 4 is 12.2 Å². The van der Waals surface area contributed by atoms with Gasteiger partial charge in [0.15, 0.2) is 0 Å². The summed E-state index contributed by atoms with van der Waals surface area (Å²) in [5.74, 6) is 0.306. The van der Waals surface area contributed by atoms with Gasteiger partial charge in [0, 0.05) is 33.0 Å². The molecule has 1 fully saturated rings. The standard InChI is InChI=1S/C8H13NO2.C5H12.CH4O/c1-7(11)9-4-2-8(6-10)3-5-9;1-3-5-4-2;1-2/h6,8H,2-5H2,1H3;3-5H2,1-2H3;2H,1H3. The van der Waals surface area contributed by atoms with Crippen LogP contribution in [0.4, 0.5) is 0 Å². The Kier molecular flexibility index (Phi) is 15.3. The van der Waals surface area contributed by atoms with Crippen molar-refractivity contribution < 1.29 is 14.7 Å². The van der Waals surface area contributed by atoms with Gasteiger partial charge in [-0.15, -0.1) is 0 Å². The lowest BCUT2D eigenvalue weighted by atomic mass is 9.99. The van der Waals surface area contributed by atoms with Crippen LogP contribution in [0.5, 0.6) is 0 Å². The van der Waals surface area contributed by atoms with Gasteiger partial charge in [0.1, 0.15) is 6.29 Å². The number of likely N-dealkylation sites (tertiary alicyclic amines) is 1. The summed E-state index contributed by atoms with van der Waals surface area (Å²) in [4.78, 5) is 23.0. The minimum absolute atomic E-state index is 0.120. The van der Waals surface area contributed by atoms with Gasteiger partial charge in [-0.3, -0.25) is 4.79 Å². The van der Waals surface area contributed by atoms with Crippen LogP contribution in [0.25, 0.3) is 0 Å². The SMILES string of the molecule is CC(=O)N1CCC(C=O)CC1.CCCCC.CO. The van der Waals surface area contributed by atoms with E-state index in [1.54, 1.807) is 11.8 Å². The maximum Gasteiger partial charge on any atom is 0.219 e. The average Bonchev–Trinajstić information content (AvgIpc) is 2.42. The van der Waals surface area contributed by atoms with Gasteiger partial charge >= 0.3 is 0 Å². The molecule has 0 aromatic heterocycles. The number of carbonyl (C=O) groups is 2. The molecule has 0 bridgehead atoms. The van der Waals surface area contributed by atoms with Crippen LogP contribution in [0.3, 0.4) is 0 Å². The number of nitrogens with zero attached hydrogens (tertiary/aromatic N) is 1. The predicted molar refractivity (Wildman–Crippen MR) is 74.4 cm³/mol. The molecule has 1 saturated heterocycles. The molecular weight excluding hydrogens is 230 g/mol.